The van der Waals surface area contributed by atoms with Gasteiger partial charge in [-0.05, 0) is 171 Å². The molecule has 0 spiro atoms. The summed E-state index contributed by atoms with van der Waals surface area (Å²) in [6.45, 7) is 41.1. The number of fused-ring (bicyclic) bond motifs is 8. The summed E-state index contributed by atoms with van der Waals surface area (Å²) in [5.41, 5.74) is 23.2. The molecule has 0 amide bonds. The maximum Gasteiger partial charge on any atom is 0.297 e. The molecule has 0 saturated carbocycles. The molecule has 4 heteroatoms. The Morgan fingerprint density at radius 3 is 1.65 bits per heavy atom. The molecule has 3 nitrogen and oxygen atoms in total. The fourth-order valence-electron chi connectivity index (χ4n) is 12.6. The van der Waals surface area contributed by atoms with Crippen LogP contribution in [0.25, 0.3) is 0 Å². The summed E-state index contributed by atoms with van der Waals surface area (Å²) < 4.78 is 7.73. The molecule has 0 radical (unpaired) electrons. The standard InChI is InChI=1S/C58H73BN2O/c1-34-28-45-48-46(29-34)61(43-21-18-36(30-35(43)2)52(3,4)5)49-47-50(58(16,17)27-26-57(47,14)15)62-51(49)59(48)42-32-40-41(56(12,13)25-24-55(40,10)11)33-44(42)60(45)37-19-20-38-39(31-37)54(8,9)23-22-53(38,6)7/h18-21,28-33H,22-27H2,1-17H3. The van der Waals surface area contributed by atoms with E-state index in [1.807, 2.05) is 0 Å². The van der Waals surface area contributed by atoms with Crippen molar-refractivity contribution in [2.75, 3.05) is 9.80 Å². The van der Waals surface area contributed by atoms with Gasteiger partial charge in [-0.3, -0.25) is 0 Å². The molecule has 0 atom stereocenters. The zero-order chi connectivity index (χ0) is 44.6. The second-order valence-electron chi connectivity index (χ2n) is 25.6. The molecule has 3 aliphatic carbocycles. The van der Waals surface area contributed by atoms with Crippen LogP contribution < -0.4 is 26.4 Å². The normalized spacial score (nSPS) is 21.6. The molecule has 5 aromatic rings. The van der Waals surface area contributed by atoms with Crippen molar-refractivity contribution in [3.8, 4) is 0 Å². The number of anilines is 6. The SMILES string of the molecule is Cc1cc2c3c(c1)N(c1ccc(C(C)(C)C)cc1C)c1c(oc4c1C(C)(C)CCC4(C)C)B3c1cc3c(cc1N2c1ccc2c(c1)C(C)(C)CCC2(C)C)C(C)(C)CCC3(C)C. The molecule has 0 bridgehead atoms. The topological polar surface area (TPSA) is 19.6 Å². The van der Waals surface area contributed by atoms with Crippen molar-refractivity contribution in [1.82, 2.24) is 0 Å². The summed E-state index contributed by atoms with van der Waals surface area (Å²) in [5, 5.41) is 0. The minimum atomic E-state index is -0.0843. The number of furan rings is 1. The van der Waals surface area contributed by atoms with Gasteiger partial charge < -0.3 is 14.2 Å². The van der Waals surface area contributed by atoms with Crippen LogP contribution in [0, 0.1) is 13.8 Å². The van der Waals surface area contributed by atoms with E-state index in [1.54, 1.807) is 0 Å². The van der Waals surface area contributed by atoms with Gasteiger partial charge in [0, 0.05) is 39.4 Å². The highest BCUT2D eigenvalue weighted by atomic mass is 16.3. The Morgan fingerprint density at radius 1 is 0.516 bits per heavy atom. The minimum absolute atomic E-state index is 0.0507. The van der Waals surface area contributed by atoms with Crippen molar-refractivity contribution >= 4 is 57.4 Å². The van der Waals surface area contributed by atoms with Crippen LogP contribution in [0.3, 0.4) is 0 Å². The van der Waals surface area contributed by atoms with Gasteiger partial charge >= 0.3 is 0 Å². The van der Waals surface area contributed by atoms with E-state index in [9.17, 15) is 0 Å². The fourth-order valence-corrected chi connectivity index (χ4v) is 12.6. The van der Waals surface area contributed by atoms with Crippen molar-refractivity contribution in [1.29, 1.82) is 0 Å². The van der Waals surface area contributed by atoms with Crippen LogP contribution in [-0.2, 0) is 37.9 Å². The summed E-state index contributed by atoms with van der Waals surface area (Å²) >= 11 is 0. The third-order valence-corrected chi connectivity index (χ3v) is 17.1. The molecule has 1 aromatic heterocycles. The summed E-state index contributed by atoms with van der Waals surface area (Å²) in [4.78, 5) is 5.35. The third kappa shape index (κ3) is 5.89. The van der Waals surface area contributed by atoms with Crippen molar-refractivity contribution in [2.24, 2.45) is 0 Å². The van der Waals surface area contributed by atoms with E-state index < -0.39 is 0 Å². The zero-order valence-electron chi connectivity index (χ0n) is 41.4. The summed E-state index contributed by atoms with van der Waals surface area (Å²) in [6, 6.07) is 25.1. The Hall–Kier alpha value is -4.18. The van der Waals surface area contributed by atoms with Crippen molar-refractivity contribution < 1.29 is 4.42 Å². The molecule has 2 aliphatic heterocycles. The molecular weight excluding hydrogens is 751 g/mol. The first-order chi connectivity index (χ1) is 28.6. The highest BCUT2D eigenvalue weighted by molar-refractivity contribution is 6.99. The molecule has 5 aliphatic rings. The monoisotopic (exact) mass is 825 g/mol. The first-order valence-corrected chi connectivity index (χ1v) is 24.0. The van der Waals surface area contributed by atoms with Gasteiger partial charge in [-0.25, -0.2) is 0 Å². The predicted octanol–water partition coefficient (Wildman–Crippen LogP) is 14.3. The van der Waals surface area contributed by atoms with Gasteiger partial charge in [0.1, 0.15) is 5.76 Å². The molecule has 10 rings (SSSR count). The fraction of sp³-hybridized carbons (Fsp3) is 0.517. The first-order valence-electron chi connectivity index (χ1n) is 24.0. The Morgan fingerprint density at radius 2 is 1.05 bits per heavy atom. The van der Waals surface area contributed by atoms with Gasteiger partial charge in [-0.2, -0.15) is 0 Å². The van der Waals surface area contributed by atoms with E-state index in [2.05, 4.69) is 188 Å². The number of nitrogens with zero attached hydrogens (tertiary/aromatic N) is 2. The smallest absolute Gasteiger partial charge is 0.297 e. The van der Waals surface area contributed by atoms with Crippen molar-refractivity contribution in [3.05, 3.63) is 111 Å². The van der Waals surface area contributed by atoms with Gasteiger partial charge in [-0.15, -0.1) is 0 Å². The average molecular weight is 825 g/mol. The number of rotatable bonds is 2. The van der Waals surface area contributed by atoms with E-state index in [-0.39, 0.29) is 44.6 Å². The van der Waals surface area contributed by atoms with E-state index in [1.165, 1.54) is 121 Å². The quantitative estimate of drug-likeness (QED) is 0.162. The Balaban J connectivity index is 1.35. The minimum Gasteiger partial charge on any atom is -0.472 e. The van der Waals surface area contributed by atoms with Crippen molar-refractivity contribution in [3.63, 3.8) is 0 Å². The van der Waals surface area contributed by atoms with Crippen LogP contribution in [-0.4, -0.2) is 6.71 Å². The molecule has 4 aromatic carbocycles. The van der Waals surface area contributed by atoms with Gasteiger partial charge in [0.25, 0.3) is 6.71 Å². The lowest BCUT2D eigenvalue weighted by Gasteiger charge is -2.47. The van der Waals surface area contributed by atoms with Crippen LogP contribution in [0.15, 0.2) is 65.1 Å². The van der Waals surface area contributed by atoms with Crippen LogP contribution >= 0.6 is 0 Å². The third-order valence-electron chi connectivity index (χ3n) is 17.1. The van der Waals surface area contributed by atoms with Crippen LogP contribution in [0.5, 0.6) is 0 Å². The molecule has 0 N–H and O–H groups in total. The molecular formula is C58H73BN2O. The van der Waals surface area contributed by atoms with Gasteiger partial charge in [0.05, 0.1) is 11.3 Å². The molecule has 0 unspecified atom stereocenters. The van der Waals surface area contributed by atoms with E-state index in [0.717, 1.165) is 18.5 Å². The number of hydrogen-bond acceptors (Lipinski definition) is 3. The number of benzene rings is 4. The summed E-state index contributed by atoms with van der Waals surface area (Å²) in [6.07, 6.45) is 6.98. The highest BCUT2D eigenvalue weighted by Crippen LogP contribution is 2.57. The second-order valence-corrected chi connectivity index (χ2v) is 25.6. The maximum absolute atomic E-state index is 7.73. The second kappa shape index (κ2) is 12.8. The molecule has 0 saturated heterocycles. The Bertz CT molecular complexity index is 2730. The van der Waals surface area contributed by atoms with Gasteiger partial charge in [0.2, 0.25) is 0 Å². The zero-order valence-corrected chi connectivity index (χ0v) is 41.4. The summed E-state index contributed by atoms with van der Waals surface area (Å²) in [7, 11) is 0. The molecule has 0 fully saturated rings. The lowest BCUT2D eigenvalue weighted by atomic mass is 9.35. The average Bonchev–Trinajstić information content (AvgIpc) is 3.60. The van der Waals surface area contributed by atoms with Crippen molar-refractivity contribution in [2.45, 2.75) is 194 Å². The lowest BCUT2D eigenvalue weighted by molar-refractivity contribution is 0.282. The molecule has 62 heavy (non-hydrogen) atoms. The number of aryl methyl sites for hydroxylation is 2. The van der Waals surface area contributed by atoms with E-state index in [4.69, 9.17) is 4.42 Å². The van der Waals surface area contributed by atoms with E-state index in [0.29, 0.717) is 0 Å². The highest BCUT2D eigenvalue weighted by Gasteiger charge is 2.53. The Kier molecular flexibility index (Phi) is 8.60. The molecule has 3 heterocycles. The van der Waals surface area contributed by atoms with Gasteiger partial charge in [-0.1, -0.05) is 128 Å². The molecule has 324 valence electrons. The Labute approximate surface area is 375 Å². The van der Waals surface area contributed by atoms with Gasteiger partial charge in [0.15, 0.2) is 0 Å². The van der Waals surface area contributed by atoms with Crippen LogP contribution in [0.4, 0.5) is 34.1 Å². The lowest BCUT2D eigenvalue weighted by Crippen LogP contribution is -2.61. The first kappa shape index (κ1) is 41.8. The maximum atomic E-state index is 7.73. The predicted molar refractivity (Wildman–Crippen MR) is 267 cm³/mol. The largest absolute Gasteiger partial charge is 0.472 e. The summed E-state index contributed by atoms with van der Waals surface area (Å²) in [5.74, 6) is 1.18. The van der Waals surface area contributed by atoms with E-state index >= 15 is 0 Å². The number of hydrogen-bond donors (Lipinski definition) is 0. The van der Waals surface area contributed by atoms with Crippen LogP contribution in [0.2, 0.25) is 0 Å². The van der Waals surface area contributed by atoms with Crippen LogP contribution in [0.1, 0.15) is 193 Å².